The molecule has 10 heteroatoms. The number of nitrogens with one attached hydrogen (secondary N) is 1. The third kappa shape index (κ3) is 5.85. The molecule has 6 nitrogen and oxygen atoms in total. The molecule has 0 radical (unpaired) electrons. The number of hydrogen-bond donors (Lipinski definition) is 1. The number of carbonyl (C=O) groups excluding carboxylic acids is 2. The van der Waals surface area contributed by atoms with E-state index in [1.807, 2.05) is 11.9 Å². The van der Waals surface area contributed by atoms with Gasteiger partial charge in [0, 0.05) is 18.7 Å². The number of benzene rings is 2. The number of furan rings is 1. The van der Waals surface area contributed by atoms with Gasteiger partial charge in [-0.3, -0.25) is 19.6 Å². The van der Waals surface area contributed by atoms with Crippen LogP contribution < -0.4 is 10.3 Å². The Balaban J connectivity index is 1.36. The molecule has 40 heavy (non-hydrogen) atoms. The fraction of sp³-hybridized carbons (Fsp3) is 0.400. The van der Waals surface area contributed by atoms with Gasteiger partial charge in [-0.2, -0.15) is 13.2 Å². The molecule has 1 aliphatic carbocycles. The Hall–Kier alpha value is -3.82. The van der Waals surface area contributed by atoms with Gasteiger partial charge < -0.3 is 9.73 Å². The summed E-state index contributed by atoms with van der Waals surface area (Å²) in [6, 6.07) is 11.2. The second-order valence-electron chi connectivity index (χ2n) is 10.4. The first-order valence-electron chi connectivity index (χ1n) is 13.6. The average molecular weight is 558 g/mol. The predicted octanol–water partition coefficient (Wildman–Crippen LogP) is 6.61. The van der Waals surface area contributed by atoms with Gasteiger partial charge >= 0.3 is 6.18 Å². The maximum atomic E-state index is 13.9. The van der Waals surface area contributed by atoms with E-state index in [-0.39, 0.29) is 34.7 Å². The number of alkyl halides is 3. The maximum absolute atomic E-state index is 13.9. The standard InChI is InChI=1S/C30H31F4N3O3/c1-2-36(37-15-14-20-18-23(31)10-11-25(20)37)29(39)24(16-19-6-3-4-7-19)35-28(38)27-13-12-26(40-27)21-8-5-9-22(17-21)30(32,33)34/h5,8-13,17-19,24H,2-4,6-7,14-16H2,1H3,(H,35,38). The minimum Gasteiger partial charge on any atom is -0.451 e. The molecule has 1 saturated carbocycles. The van der Waals surface area contributed by atoms with Gasteiger partial charge in [-0.05, 0) is 73.7 Å². The fourth-order valence-corrected chi connectivity index (χ4v) is 5.72. The molecule has 5 rings (SSSR count). The van der Waals surface area contributed by atoms with Crippen LogP contribution in [0.5, 0.6) is 0 Å². The van der Waals surface area contributed by atoms with Gasteiger partial charge in [-0.15, -0.1) is 0 Å². The molecule has 0 spiro atoms. The maximum Gasteiger partial charge on any atom is 0.416 e. The summed E-state index contributed by atoms with van der Waals surface area (Å²) in [7, 11) is 0. The smallest absolute Gasteiger partial charge is 0.416 e. The number of likely N-dealkylation sites (N-methyl/N-ethyl adjacent to an activating group) is 1. The Bertz CT molecular complexity index is 1380. The first kappa shape index (κ1) is 27.7. The molecule has 1 aliphatic heterocycles. The van der Waals surface area contributed by atoms with Crippen molar-refractivity contribution >= 4 is 17.5 Å². The van der Waals surface area contributed by atoms with Gasteiger partial charge in [0.25, 0.3) is 11.8 Å². The molecule has 1 N–H and O–H groups in total. The third-order valence-electron chi connectivity index (χ3n) is 7.71. The van der Waals surface area contributed by atoms with Crippen molar-refractivity contribution in [3.63, 3.8) is 0 Å². The number of hydrogen-bond acceptors (Lipinski definition) is 4. The van der Waals surface area contributed by atoms with Crippen molar-refractivity contribution in [3.05, 3.63) is 77.3 Å². The molecule has 0 saturated heterocycles. The van der Waals surface area contributed by atoms with Crippen LogP contribution >= 0.6 is 0 Å². The zero-order valence-electron chi connectivity index (χ0n) is 22.1. The van der Waals surface area contributed by atoms with Crippen molar-refractivity contribution in [2.75, 3.05) is 18.1 Å². The van der Waals surface area contributed by atoms with Crippen molar-refractivity contribution in [2.24, 2.45) is 5.92 Å². The molecule has 2 heterocycles. The Kier molecular flexibility index (Phi) is 7.87. The van der Waals surface area contributed by atoms with Gasteiger partial charge in [0.05, 0.1) is 11.3 Å². The minimum absolute atomic E-state index is 0.0957. The van der Waals surface area contributed by atoms with Crippen LogP contribution in [0.4, 0.5) is 23.2 Å². The summed E-state index contributed by atoms with van der Waals surface area (Å²) in [5.41, 5.74) is 0.953. The Labute approximate surface area is 229 Å². The van der Waals surface area contributed by atoms with Crippen molar-refractivity contribution in [1.29, 1.82) is 0 Å². The van der Waals surface area contributed by atoms with Crippen LogP contribution in [0.15, 0.2) is 59.0 Å². The summed E-state index contributed by atoms with van der Waals surface area (Å²) in [5, 5.41) is 6.28. The highest BCUT2D eigenvalue weighted by molar-refractivity contribution is 5.96. The van der Waals surface area contributed by atoms with Crippen LogP contribution in [0.2, 0.25) is 0 Å². The van der Waals surface area contributed by atoms with Crippen LogP contribution in [0, 0.1) is 11.7 Å². The van der Waals surface area contributed by atoms with Gasteiger partial charge in [0.1, 0.15) is 17.6 Å². The molecule has 2 amide bonds. The first-order valence-corrected chi connectivity index (χ1v) is 13.6. The van der Waals surface area contributed by atoms with Crippen LogP contribution in [0.3, 0.4) is 0 Å². The molecule has 0 bridgehead atoms. The van der Waals surface area contributed by atoms with E-state index in [0.29, 0.717) is 25.9 Å². The monoisotopic (exact) mass is 557 g/mol. The molecule has 1 atom stereocenters. The molecular formula is C30H31F4N3O3. The number of nitrogens with zero attached hydrogens (tertiary/aromatic N) is 2. The quantitative estimate of drug-likeness (QED) is 0.317. The Morgan fingerprint density at radius 3 is 2.60 bits per heavy atom. The minimum atomic E-state index is -4.51. The predicted molar refractivity (Wildman–Crippen MR) is 142 cm³/mol. The zero-order chi connectivity index (χ0) is 28.4. The van der Waals surface area contributed by atoms with Crippen molar-refractivity contribution in [3.8, 4) is 11.3 Å². The van der Waals surface area contributed by atoms with Crippen molar-refractivity contribution < 1.29 is 31.6 Å². The number of rotatable bonds is 8. The summed E-state index contributed by atoms with van der Waals surface area (Å²) in [4.78, 5) is 27.2. The van der Waals surface area contributed by atoms with E-state index in [0.717, 1.165) is 49.1 Å². The molecule has 212 valence electrons. The molecular weight excluding hydrogens is 526 g/mol. The molecule has 2 aromatic carbocycles. The summed E-state index contributed by atoms with van der Waals surface area (Å²) < 4.78 is 58.9. The summed E-state index contributed by atoms with van der Waals surface area (Å²) in [6.45, 7) is 2.72. The normalized spacial score (nSPS) is 16.2. The van der Waals surface area contributed by atoms with Crippen molar-refractivity contribution in [1.82, 2.24) is 10.3 Å². The van der Waals surface area contributed by atoms with E-state index in [1.165, 1.54) is 36.4 Å². The fourth-order valence-electron chi connectivity index (χ4n) is 5.72. The number of amides is 2. The van der Waals surface area contributed by atoms with Crippen LogP contribution in [0.1, 0.15) is 60.7 Å². The van der Waals surface area contributed by atoms with Gasteiger partial charge in [0.15, 0.2) is 5.76 Å². The molecule has 2 aliphatic rings. The summed E-state index contributed by atoms with van der Waals surface area (Å²) in [6.07, 6.45) is 0.636. The Morgan fingerprint density at radius 2 is 1.88 bits per heavy atom. The van der Waals surface area contributed by atoms with E-state index in [4.69, 9.17) is 4.42 Å². The lowest BCUT2D eigenvalue weighted by molar-refractivity contribution is -0.137. The summed E-state index contributed by atoms with van der Waals surface area (Å²) in [5.74, 6) is -0.915. The third-order valence-corrected chi connectivity index (χ3v) is 7.71. The SMILES string of the molecule is CCN(C(=O)C(CC1CCCC1)NC(=O)c1ccc(-c2cccc(C(F)(F)F)c2)o1)N1CCc2cc(F)ccc21. The van der Waals surface area contributed by atoms with Gasteiger partial charge in [0.2, 0.25) is 0 Å². The first-order chi connectivity index (χ1) is 19.1. The highest BCUT2D eigenvalue weighted by Crippen LogP contribution is 2.34. The van der Waals surface area contributed by atoms with Crippen LogP contribution in [-0.4, -0.2) is 36.0 Å². The topological polar surface area (TPSA) is 65.8 Å². The van der Waals surface area contributed by atoms with Crippen molar-refractivity contribution in [2.45, 2.75) is 57.7 Å². The molecule has 1 fully saturated rings. The number of halogens is 4. The highest BCUT2D eigenvalue weighted by atomic mass is 19.4. The molecule has 3 aromatic rings. The van der Waals surface area contributed by atoms with E-state index in [1.54, 1.807) is 11.1 Å². The zero-order valence-corrected chi connectivity index (χ0v) is 22.1. The number of anilines is 1. The average Bonchev–Trinajstić information content (AvgIpc) is 3.70. The van der Waals surface area contributed by atoms with Gasteiger partial charge in [-0.25, -0.2) is 4.39 Å². The highest BCUT2D eigenvalue weighted by Gasteiger charge is 2.35. The van der Waals surface area contributed by atoms with Crippen LogP contribution in [0.25, 0.3) is 11.3 Å². The van der Waals surface area contributed by atoms with E-state index in [9.17, 15) is 27.2 Å². The number of hydrazine groups is 1. The van der Waals surface area contributed by atoms with Crippen LogP contribution in [-0.2, 0) is 17.4 Å². The Morgan fingerprint density at radius 1 is 1.10 bits per heavy atom. The van der Waals surface area contributed by atoms with E-state index in [2.05, 4.69) is 5.32 Å². The second-order valence-corrected chi connectivity index (χ2v) is 10.4. The molecule has 1 unspecified atom stereocenters. The largest absolute Gasteiger partial charge is 0.451 e. The number of fused-ring (bicyclic) bond motifs is 1. The van der Waals surface area contributed by atoms with E-state index < -0.39 is 23.7 Å². The van der Waals surface area contributed by atoms with Gasteiger partial charge in [-0.1, -0.05) is 37.8 Å². The second kappa shape index (κ2) is 11.3. The lowest BCUT2D eigenvalue weighted by Crippen LogP contribution is -2.55. The molecule has 1 aromatic heterocycles. The number of carbonyl (C=O) groups is 2. The summed E-state index contributed by atoms with van der Waals surface area (Å²) >= 11 is 0. The lowest BCUT2D eigenvalue weighted by atomic mass is 9.97. The lowest BCUT2D eigenvalue weighted by Gasteiger charge is -2.36. The van der Waals surface area contributed by atoms with E-state index >= 15 is 0 Å².